The first-order valence-electron chi connectivity index (χ1n) is 8.81. The van der Waals surface area contributed by atoms with Crippen molar-refractivity contribution >= 4 is 19.7 Å². The highest BCUT2D eigenvalue weighted by atomic mass is 31.2. The van der Waals surface area contributed by atoms with Gasteiger partial charge in [0.25, 0.3) is 0 Å². The number of carbonyl (C=O) groups is 2. The molecule has 0 aromatic rings. The van der Waals surface area contributed by atoms with Gasteiger partial charge in [0.05, 0.1) is 18.2 Å². The zero-order valence-electron chi connectivity index (χ0n) is 15.4. The van der Waals surface area contributed by atoms with E-state index >= 15 is 0 Å². The topological polar surface area (TPSA) is 148 Å². The highest BCUT2D eigenvalue weighted by Gasteiger charge is 2.37. The molecule has 1 amide bonds. The number of hydrogen-bond acceptors (Lipinski definition) is 6. The zero-order valence-corrected chi connectivity index (χ0v) is 16.3. The number of phosphoric acid groups is 1. The maximum atomic E-state index is 12.0. The molecule has 0 fully saturated rings. The molecule has 1 aliphatic carbocycles. The van der Waals surface area contributed by atoms with Gasteiger partial charge in [0.2, 0.25) is 5.91 Å². The van der Waals surface area contributed by atoms with E-state index < -0.39 is 32.0 Å². The van der Waals surface area contributed by atoms with E-state index in [2.05, 4.69) is 9.84 Å². The number of rotatable bonds is 9. The number of amides is 1. The standard InChI is InChI=1S/C16H29N2O7P/c1-4-7-14(19)18-15-12(17)8-10(16(20)25-26(21,22)23)9-13(15)24-11(5-2)6-3/h9,11-13,15H,4-8,17H2,1-3H3,(H,18,19)(H2,21,22,23)/t12-,13+,15+/m0/s1. The SMILES string of the molecule is CCCC(=O)N[C@@H]1[C@@H](N)CC(C(=O)OP(=O)(O)O)=C[C@H]1OC(CC)CC. The van der Waals surface area contributed by atoms with Crippen molar-refractivity contribution in [1.82, 2.24) is 5.32 Å². The molecule has 0 bridgehead atoms. The summed E-state index contributed by atoms with van der Waals surface area (Å²) < 4.78 is 21.0. The molecule has 0 unspecified atom stereocenters. The van der Waals surface area contributed by atoms with Gasteiger partial charge in [-0.15, -0.1) is 0 Å². The Kier molecular flexibility index (Phi) is 8.92. The van der Waals surface area contributed by atoms with Crippen LogP contribution in [0.25, 0.3) is 0 Å². The molecule has 0 spiro atoms. The first-order chi connectivity index (χ1) is 12.1. The Morgan fingerprint density at radius 2 is 1.96 bits per heavy atom. The first-order valence-corrected chi connectivity index (χ1v) is 10.3. The largest absolute Gasteiger partial charge is 0.527 e. The van der Waals surface area contributed by atoms with Gasteiger partial charge in [-0.1, -0.05) is 20.8 Å². The minimum absolute atomic E-state index is 0.0126. The average Bonchev–Trinajstić information content (AvgIpc) is 2.53. The number of phosphoric ester groups is 1. The van der Waals surface area contributed by atoms with Crippen LogP contribution in [0.15, 0.2) is 11.6 Å². The lowest BCUT2D eigenvalue weighted by atomic mass is 9.88. The van der Waals surface area contributed by atoms with Crippen LogP contribution in [0.2, 0.25) is 0 Å². The molecule has 0 heterocycles. The Balaban J connectivity index is 3.06. The summed E-state index contributed by atoms with van der Waals surface area (Å²) in [5.41, 5.74) is 6.15. The third-order valence-corrected chi connectivity index (χ3v) is 4.57. The van der Waals surface area contributed by atoms with Gasteiger partial charge in [-0.05, 0) is 31.8 Å². The van der Waals surface area contributed by atoms with Crippen molar-refractivity contribution in [3.63, 3.8) is 0 Å². The molecule has 0 aromatic carbocycles. The molecule has 0 saturated carbocycles. The summed E-state index contributed by atoms with van der Waals surface area (Å²) in [4.78, 5) is 41.6. The van der Waals surface area contributed by atoms with E-state index in [1.54, 1.807) is 0 Å². The molecule has 0 aromatic heterocycles. The number of hydrogen-bond donors (Lipinski definition) is 4. The minimum atomic E-state index is -4.96. The fraction of sp³-hybridized carbons (Fsp3) is 0.750. The van der Waals surface area contributed by atoms with Crippen molar-refractivity contribution in [3.05, 3.63) is 11.6 Å². The van der Waals surface area contributed by atoms with Crippen molar-refractivity contribution in [1.29, 1.82) is 0 Å². The Morgan fingerprint density at radius 1 is 1.35 bits per heavy atom. The quantitative estimate of drug-likeness (QED) is 0.427. The Bertz CT molecular complexity index is 571. The lowest BCUT2D eigenvalue weighted by Crippen LogP contribution is -2.57. The highest BCUT2D eigenvalue weighted by molar-refractivity contribution is 7.46. The van der Waals surface area contributed by atoms with E-state index in [4.69, 9.17) is 20.3 Å². The lowest BCUT2D eigenvalue weighted by Gasteiger charge is -2.36. The van der Waals surface area contributed by atoms with Crippen LogP contribution in [0.5, 0.6) is 0 Å². The number of ether oxygens (including phenoxy) is 1. The minimum Gasteiger partial charge on any atom is -0.369 e. The third-order valence-electron chi connectivity index (χ3n) is 4.17. The van der Waals surface area contributed by atoms with E-state index in [-0.39, 0.29) is 24.0 Å². The van der Waals surface area contributed by atoms with Gasteiger partial charge >= 0.3 is 13.8 Å². The molecular formula is C16H29N2O7P. The highest BCUT2D eigenvalue weighted by Crippen LogP contribution is 2.38. The van der Waals surface area contributed by atoms with E-state index in [1.165, 1.54) is 6.08 Å². The summed E-state index contributed by atoms with van der Waals surface area (Å²) in [6.07, 6.45) is 3.14. The fourth-order valence-corrected chi connectivity index (χ4v) is 3.15. The molecule has 1 rings (SSSR count). The predicted octanol–water partition coefficient (Wildman–Crippen LogP) is 1.14. The van der Waals surface area contributed by atoms with Crippen molar-refractivity contribution in [2.75, 3.05) is 0 Å². The normalized spacial score (nSPS) is 23.5. The second-order valence-corrected chi connectivity index (χ2v) is 7.48. The first kappa shape index (κ1) is 22.8. The van der Waals surface area contributed by atoms with Gasteiger partial charge < -0.3 is 20.3 Å². The molecule has 1 aliphatic rings. The van der Waals surface area contributed by atoms with Crippen molar-refractivity contribution in [3.8, 4) is 0 Å². The van der Waals surface area contributed by atoms with Crippen LogP contribution in [0, 0.1) is 0 Å². The van der Waals surface area contributed by atoms with Crippen LogP contribution in [-0.4, -0.2) is 46.0 Å². The number of carbonyl (C=O) groups excluding carboxylic acids is 2. The van der Waals surface area contributed by atoms with E-state index in [0.717, 1.165) is 12.8 Å². The molecular weight excluding hydrogens is 363 g/mol. The second kappa shape index (κ2) is 10.2. The molecule has 10 heteroatoms. The molecule has 0 saturated heterocycles. The monoisotopic (exact) mass is 392 g/mol. The lowest BCUT2D eigenvalue weighted by molar-refractivity contribution is -0.132. The van der Waals surface area contributed by atoms with Gasteiger partial charge in [-0.25, -0.2) is 9.36 Å². The van der Waals surface area contributed by atoms with Crippen molar-refractivity contribution in [2.45, 2.75) is 77.2 Å². The summed E-state index contributed by atoms with van der Waals surface area (Å²) >= 11 is 0. The maximum Gasteiger partial charge on any atom is 0.527 e. The number of nitrogens with two attached hydrogens (primary N) is 1. The molecule has 0 aliphatic heterocycles. The molecule has 5 N–H and O–H groups in total. The Hall–Kier alpha value is -1.25. The second-order valence-electron chi connectivity index (χ2n) is 6.31. The molecule has 3 atom stereocenters. The van der Waals surface area contributed by atoms with Gasteiger partial charge in [-0.3, -0.25) is 14.6 Å². The van der Waals surface area contributed by atoms with Crippen molar-refractivity contribution < 1.29 is 33.2 Å². The van der Waals surface area contributed by atoms with Crippen LogP contribution in [0.3, 0.4) is 0 Å². The average molecular weight is 392 g/mol. The smallest absolute Gasteiger partial charge is 0.369 e. The molecule has 150 valence electrons. The summed E-state index contributed by atoms with van der Waals surface area (Å²) in [6, 6.07) is -1.19. The predicted molar refractivity (Wildman–Crippen MR) is 94.9 cm³/mol. The van der Waals surface area contributed by atoms with Gasteiger partial charge in [0.1, 0.15) is 0 Å². The maximum absolute atomic E-state index is 12.0. The van der Waals surface area contributed by atoms with E-state index in [1.807, 2.05) is 20.8 Å². The van der Waals surface area contributed by atoms with Crippen LogP contribution >= 0.6 is 7.82 Å². The van der Waals surface area contributed by atoms with Gasteiger partial charge in [0, 0.05) is 18.0 Å². The van der Waals surface area contributed by atoms with Crippen LogP contribution in [0.1, 0.15) is 52.9 Å². The van der Waals surface area contributed by atoms with E-state index in [0.29, 0.717) is 12.8 Å². The van der Waals surface area contributed by atoms with Gasteiger partial charge in [-0.2, -0.15) is 0 Å². The molecule has 0 radical (unpaired) electrons. The Labute approximate surface area is 153 Å². The molecule has 26 heavy (non-hydrogen) atoms. The Morgan fingerprint density at radius 3 is 2.46 bits per heavy atom. The third kappa shape index (κ3) is 7.17. The van der Waals surface area contributed by atoms with Crippen LogP contribution < -0.4 is 11.1 Å². The van der Waals surface area contributed by atoms with Gasteiger partial charge in [0.15, 0.2) is 0 Å². The summed E-state index contributed by atoms with van der Waals surface area (Å²) in [5.74, 6) is -1.30. The fourth-order valence-electron chi connectivity index (χ4n) is 2.81. The summed E-state index contributed by atoms with van der Waals surface area (Å²) in [6.45, 7) is 5.79. The van der Waals surface area contributed by atoms with Crippen LogP contribution in [-0.2, 0) is 23.4 Å². The zero-order chi connectivity index (χ0) is 19.9. The number of nitrogens with one attached hydrogen (secondary N) is 1. The van der Waals surface area contributed by atoms with E-state index in [9.17, 15) is 14.2 Å². The summed E-state index contributed by atoms with van der Waals surface area (Å²) in [5, 5.41) is 2.84. The molecule has 9 nitrogen and oxygen atoms in total. The summed E-state index contributed by atoms with van der Waals surface area (Å²) in [7, 11) is -4.96. The van der Waals surface area contributed by atoms with Crippen LogP contribution in [0.4, 0.5) is 0 Å². The van der Waals surface area contributed by atoms with Crippen molar-refractivity contribution in [2.24, 2.45) is 5.73 Å².